The number of carbonyl (C=O) groups is 1. The van der Waals surface area contributed by atoms with Gasteiger partial charge in [0.25, 0.3) is 5.24 Å². The molecule has 5 nitrogen and oxygen atoms in total. The number of rotatable bonds is 5. The largest absolute Gasteiger partial charge is 0.459 e. The normalized spacial score (nSPS) is 12.3. The SMILES string of the molecule is C=Cc1c(C(F)(F)C(F)(F)F)nn(C)c1-n1cc(-c2ccc(Cl)c(C(=O)Cl)c2)cn1. The second kappa shape index (κ2) is 7.51. The summed E-state index contributed by atoms with van der Waals surface area (Å²) >= 11 is 11.4. The Morgan fingerprint density at radius 2 is 1.87 bits per heavy atom. The van der Waals surface area contributed by atoms with Crippen molar-refractivity contribution in [2.45, 2.75) is 12.1 Å². The van der Waals surface area contributed by atoms with Gasteiger partial charge in [-0.05, 0) is 29.3 Å². The molecule has 0 fully saturated rings. The van der Waals surface area contributed by atoms with Crippen molar-refractivity contribution in [2.24, 2.45) is 7.05 Å². The van der Waals surface area contributed by atoms with Crippen LogP contribution in [0.5, 0.6) is 0 Å². The van der Waals surface area contributed by atoms with Gasteiger partial charge in [0, 0.05) is 24.4 Å². The Morgan fingerprint density at radius 3 is 2.43 bits per heavy atom. The van der Waals surface area contributed by atoms with Crippen LogP contribution in [0.25, 0.3) is 23.0 Å². The molecule has 0 aliphatic carbocycles. The lowest BCUT2D eigenvalue weighted by molar-refractivity contribution is -0.291. The van der Waals surface area contributed by atoms with Crippen LogP contribution >= 0.6 is 23.2 Å². The van der Waals surface area contributed by atoms with E-state index < -0.39 is 28.6 Å². The van der Waals surface area contributed by atoms with Gasteiger partial charge in [-0.15, -0.1) is 0 Å². The fourth-order valence-corrected chi connectivity index (χ4v) is 3.21. The van der Waals surface area contributed by atoms with Gasteiger partial charge >= 0.3 is 12.1 Å². The first-order valence-corrected chi connectivity index (χ1v) is 8.83. The molecule has 0 saturated heterocycles. The zero-order valence-corrected chi connectivity index (χ0v) is 16.5. The second-order valence-electron chi connectivity index (χ2n) is 6.13. The summed E-state index contributed by atoms with van der Waals surface area (Å²) in [4.78, 5) is 11.5. The summed E-state index contributed by atoms with van der Waals surface area (Å²) in [5, 5.41) is 6.73. The van der Waals surface area contributed by atoms with Crippen LogP contribution in [0.2, 0.25) is 5.02 Å². The standard InChI is InChI=1S/C18H11Cl2F5N4O/c1-3-11-14(17(21,22)18(23,24)25)27-28(2)16(11)29-8-10(7-26-29)9-4-5-13(19)12(6-9)15(20)30/h3-8H,1H2,2H3. The summed E-state index contributed by atoms with van der Waals surface area (Å²) in [6.07, 6.45) is -2.29. The van der Waals surface area contributed by atoms with Crippen LogP contribution in [0.15, 0.2) is 37.2 Å². The lowest BCUT2D eigenvalue weighted by atomic mass is 10.1. The van der Waals surface area contributed by atoms with Gasteiger partial charge in [0.05, 0.1) is 16.8 Å². The van der Waals surface area contributed by atoms with Crippen molar-refractivity contribution in [3.05, 3.63) is 59.0 Å². The smallest absolute Gasteiger partial charge is 0.276 e. The number of aryl methyl sites for hydroxylation is 1. The van der Waals surface area contributed by atoms with Crippen molar-refractivity contribution in [1.82, 2.24) is 19.6 Å². The summed E-state index contributed by atoms with van der Waals surface area (Å²) in [5.74, 6) is -5.34. The average molecular weight is 465 g/mol. The zero-order valence-electron chi connectivity index (χ0n) is 15.0. The van der Waals surface area contributed by atoms with Gasteiger partial charge in [-0.2, -0.15) is 32.1 Å². The second-order valence-corrected chi connectivity index (χ2v) is 6.88. The van der Waals surface area contributed by atoms with E-state index in [1.54, 1.807) is 6.07 Å². The molecule has 3 aromatic rings. The first kappa shape index (κ1) is 22.0. The Morgan fingerprint density at radius 1 is 1.20 bits per heavy atom. The van der Waals surface area contributed by atoms with Gasteiger partial charge in [0.2, 0.25) is 0 Å². The third-order valence-corrected chi connectivity index (χ3v) is 4.75. The Bertz CT molecular complexity index is 1150. The van der Waals surface area contributed by atoms with Crippen molar-refractivity contribution < 1.29 is 26.7 Å². The van der Waals surface area contributed by atoms with E-state index in [2.05, 4.69) is 16.8 Å². The van der Waals surface area contributed by atoms with E-state index in [9.17, 15) is 26.7 Å². The molecule has 158 valence electrons. The molecular weight excluding hydrogens is 454 g/mol. The average Bonchev–Trinajstić information content (AvgIpc) is 3.25. The molecule has 0 bridgehead atoms. The molecule has 2 aromatic heterocycles. The number of alkyl halides is 5. The highest BCUT2D eigenvalue weighted by molar-refractivity contribution is 6.68. The van der Waals surface area contributed by atoms with Gasteiger partial charge in [-0.1, -0.05) is 30.3 Å². The van der Waals surface area contributed by atoms with Crippen molar-refractivity contribution in [3.63, 3.8) is 0 Å². The Hall–Kier alpha value is -2.72. The molecule has 0 aliphatic heterocycles. The van der Waals surface area contributed by atoms with E-state index in [0.29, 0.717) is 11.1 Å². The minimum absolute atomic E-state index is 0.0444. The Labute approximate surface area is 176 Å². The molecule has 0 spiro atoms. The molecule has 0 radical (unpaired) electrons. The molecule has 0 aliphatic rings. The number of nitrogens with zero attached hydrogens (tertiary/aromatic N) is 4. The molecule has 30 heavy (non-hydrogen) atoms. The van der Waals surface area contributed by atoms with Crippen molar-refractivity contribution in [3.8, 4) is 16.9 Å². The maximum absolute atomic E-state index is 13.9. The molecule has 2 heterocycles. The molecular formula is C18H11Cl2F5N4O. The van der Waals surface area contributed by atoms with E-state index in [0.717, 1.165) is 15.4 Å². The van der Waals surface area contributed by atoms with Gasteiger partial charge in [0.1, 0.15) is 0 Å². The first-order valence-electron chi connectivity index (χ1n) is 8.07. The monoisotopic (exact) mass is 464 g/mol. The molecule has 0 unspecified atom stereocenters. The van der Waals surface area contributed by atoms with Crippen LogP contribution in [-0.4, -0.2) is 31.0 Å². The Kier molecular flexibility index (Phi) is 5.50. The topological polar surface area (TPSA) is 52.7 Å². The van der Waals surface area contributed by atoms with E-state index >= 15 is 0 Å². The highest BCUT2D eigenvalue weighted by Crippen LogP contribution is 2.45. The molecule has 0 saturated carbocycles. The molecule has 3 rings (SSSR count). The predicted molar refractivity (Wildman–Crippen MR) is 101 cm³/mol. The summed E-state index contributed by atoms with van der Waals surface area (Å²) in [7, 11) is 1.20. The number of aromatic nitrogens is 4. The number of benzene rings is 1. The third kappa shape index (κ3) is 3.61. The molecule has 12 heteroatoms. The highest BCUT2D eigenvalue weighted by atomic mass is 35.5. The zero-order chi connectivity index (χ0) is 22.4. The summed E-state index contributed by atoms with van der Waals surface area (Å²) in [6, 6.07) is 4.40. The van der Waals surface area contributed by atoms with Crippen molar-refractivity contribution in [1.29, 1.82) is 0 Å². The number of hydrogen-bond acceptors (Lipinski definition) is 3. The maximum Gasteiger partial charge on any atom is 0.459 e. The van der Waals surface area contributed by atoms with Gasteiger partial charge in [-0.3, -0.25) is 4.79 Å². The van der Waals surface area contributed by atoms with E-state index in [1.165, 1.54) is 31.6 Å². The minimum atomic E-state index is -5.83. The van der Waals surface area contributed by atoms with Crippen molar-refractivity contribution >= 4 is 34.5 Å². The lowest BCUT2D eigenvalue weighted by Gasteiger charge is -2.18. The van der Waals surface area contributed by atoms with Crippen LogP contribution in [0.3, 0.4) is 0 Å². The van der Waals surface area contributed by atoms with Gasteiger partial charge in [0.15, 0.2) is 11.5 Å². The highest BCUT2D eigenvalue weighted by Gasteiger charge is 2.61. The summed E-state index contributed by atoms with van der Waals surface area (Å²) in [6.45, 7) is 3.33. The van der Waals surface area contributed by atoms with Gasteiger partial charge < -0.3 is 0 Å². The number of hydrogen-bond donors (Lipinski definition) is 0. The van der Waals surface area contributed by atoms with Crippen LogP contribution < -0.4 is 0 Å². The predicted octanol–water partition coefficient (Wildman–Crippen LogP) is 5.60. The molecule has 0 atom stereocenters. The van der Waals surface area contributed by atoms with Gasteiger partial charge in [-0.25, -0.2) is 9.36 Å². The number of halogens is 7. The summed E-state index contributed by atoms with van der Waals surface area (Å²) in [5.41, 5.74) is -1.07. The first-order chi connectivity index (χ1) is 13.9. The van der Waals surface area contributed by atoms with Crippen LogP contribution in [0, 0.1) is 0 Å². The molecule has 0 amide bonds. The molecule has 1 aromatic carbocycles. The maximum atomic E-state index is 13.9. The van der Waals surface area contributed by atoms with Crippen molar-refractivity contribution in [2.75, 3.05) is 0 Å². The van der Waals surface area contributed by atoms with Crippen LogP contribution in [0.4, 0.5) is 22.0 Å². The molecule has 0 N–H and O–H groups in total. The Balaban J connectivity index is 2.12. The van der Waals surface area contributed by atoms with E-state index in [1.807, 2.05) is 0 Å². The summed E-state index contributed by atoms with van der Waals surface area (Å²) < 4.78 is 68.3. The third-order valence-electron chi connectivity index (χ3n) is 4.22. The minimum Gasteiger partial charge on any atom is -0.276 e. The van der Waals surface area contributed by atoms with E-state index in [4.69, 9.17) is 23.2 Å². The quantitative estimate of drug-likeness (QED) is 0.364. The van der Waals surface area contributed by atoms with Crippen LogP contribution in [-0.2, 0) is 13.0 Å². The van der Waals surface area contributed by atoms with E-state index in [-0.39, 0.29) is 16.4 Å². The lowest BCUT2D eigenvalue weighted by Crippen LogP contribution is -2.34. The number of carbonyl (C=O) groups excluding carboxylic acids is 1. The van der Waals surface area contributed by atoms with Crippen LogP contribution in [0.1, 0.15) is 21.6 Å². The fraction of sp³-hybridized carbons (Fsp3) is 0.167. The fourth-order valence-electron chi connectivity index (χ4n) is 2.80.